The highest BCUT2D eigenvalue weighted by Gasteiger charge is 2.13. The second kappa shape index (κ2) is 5.34. The molecule has 4 heteroatoms. The SMILES string of the molecule is CC(C)C(C)NC(=O)c1ccc(Br)c(O)c1. The quantitative estimate of drug-likeness (QED) is 0.897. The van der Waals surface area contributed by atoms with E-state index >= 15 is 0 Å². The molecule has 0 aromatic heterocycles. The molecule has 0 fully saturated rings. The standard InChI is InChI=1S/C12H16BrNO2/c1-7(2)8(3)14-12(16)9-4-5-10(13)11(15)6-9/h4-8,15H,1-3H3,(H,14,16). The fraction of sp³-hybridized carbons (Fsp3) is 0.417. The Labute approximate surface area is 104 Å². The first kappa shape index (κ1) is 13.0. The molecule has 0 aliphatic heterocycles. The summed E-state index contributed by atoms with van der Waals surface area (Å²) in [5, 5.41) is 12.3. The van der Waals surface area contributed by atoms with E-state index in [0.29, 0.717) is 16.0 Å². The summed E-state index contributed by atoms with van der Waals surface area (Å²) in [6.45, 7) is 6.05. The lowest BCUT2D eigenvalue weighted by Crippen LogP contribution is -2.36. The maximum Gasteiger partial charge on any atom is 0.251 e. The highest BCUT2D eigenvalue weighted by Crippen LogP contribution is 2.24. The van der Waals surface area contributed by atoms with Crippen LogP contribution in [0.1, 0.15) is 31.1 Å². The third-order valence-corrected chi connectivity index (χ3v) is 3.24. The zero-order valence-electron chi connectivity index (χ0n) is 9.62. The van der Waals surface area contributed by atoms with Gasteiger partial charge in [0.05, 0.1) is 4.47 Å². The molecule has 0 saturated heterocycles. The highest BCUT2D eigenvalue weighted by atomic mass is 79.9. The molecule has 0 aliphatic carbocycles. The smallest absolute Gasteiger partial charge is 0.251 e. The van der Waals surface area contributed by atoms with E-state index in [-0.39, 0.29) is 17.7 Å². The maximum atomic E-state index is 11.8. The van der Waals surface area contributed by atoms with Crippen LogP contribution in [0, 0.1) is 5.92 Å². The topological polar surface area (TPSA) is 49.3 Å². The Morgan fingerprint density at radius 3 is 2.50 bits per heavy atom. The van der Waals surface area contributed by atoms with E-state index in [1.54, 1.807) is 12.1 Å². The van der Waals surface area contributed by atoms with Crippen LogP contribution in [0.5, 0.6) is 5.75 Å². The summed E-state index contributed by atoms with van der Waals surface area (Å²) in [7, 11) is 0. The molecule has 2 N–H and O–H groups in total. The van der Waals surface area contributed by atoms with Gasteiger partial charge in [-0.1, -0.05) is 13.8 Å². The van der Waals surface area contributed by atoms with Crippen molar-refractivity contribution in [1.82, 2.24) is 5.32 Å². The summed E-state index contributed by atoms with van der Waals surface area (Å²) >= 11 is 3.17. The summed E-state index contributed by atoms with van der Waals surface area (Å²) in [6, 6.07) is 4.89. The number of aromatic hydroxyl groups is 1. The Morgan fingerprint density at radius 2 is 2.00 bits per heavy atom. The molecule has 1 rings (SSSR count). The lowest BCUT2D eigenvalue weighted by molar-refractivity contribution is 0.0930. The second-order valence-electron chi connectivity index (χ2n) is 4.17. The Kier molecular flexibility index (Phi) is 4.35. The van der Waals surface area contributed by atoms with Crippen molar-refractivity contribution < 1.29 is 9.90 Å². The van der Waals surface area contributed by atoms with Gasteiger partial charge in [-0.3, -0.25) is 4.79 Å². The summed E-state index contributed by atoms with van der Waals surface area (Å²) < 4.78 is 0.584. The van der Waals surface area contributed by atoms with Gasteiger partial charge in [-0.15, -0.1) is 0 Å². The minimum atomic E-state index is -0.163. The van der Waals surface area contributed by atoms with Gasteiger partial charge in [0, 0.05) is 11.6 Å². The largest absolute Gasteiger partial charge is 0.507 e. The van der Waals surface area contributed by atoms with E-state index in [0.717, 1.165) is 0 Å². The molecule has 3 nitrogen and oxygen atoms in total. The molecule has 1 aromatic rings. The number of hydrogen-bond acceptors (Lipinski definition) is 2. The first-order valence-electron chi connectivity index (χ1n) is 5.21. The van der Waals surface area contributed by atoms with Crippen LogP contribution >= 0.6 is 15.9 Å². The highest BCUT2D eigenvalue weighted by molar-refractivity contribution is 9.10. The Morgan fingerprint density at radius 1 is 1.38 bits per heavy atom. The molecule has 0 saturated carbocycles. The molecule has 1 amide bonds. The predicted octanol–water partition coefficient (Wildman–Crippen LogP) is 2.93. The van der Waals surface area contributed by atoms with Gasteiger partial charge in [0.15, 0.2) is 0 Å². The number of phenols is 1. The molecular weight excluding hydrogens is 270 g/mol. The van der Waals surface area contributed by atoms with Crippen LogP contribution in [0.3, 0.4) is 0 Å². The second-order valence-corrected chi connectivity index (χ2v) is 5.03. The molecule has 0 radical (unpaired) electrons. The minimum Gasteiger partial charge on any atom is -0.507 e. The van der Waals surface area contributed by atoms with E-state index in [9.17, 15) is 9.90 Å². The summed E-state index contributed by atoms with van der Waals surface area (Å²) in [5.41, 5.74) is 0.466. The number of hydrogen-bond donors (Lipinski definition) is 2. The van der Waals surface area contributed by atoms with Crippen LogP contribution in [0.2, 0.25) is 0 Å². The lowest BCUT2D eigenvalue weighted by atomic mass is 10.1. The van der Waals surface area contributed by atoms with E-state index < -0.39 is 0 Å². The third-order valence-electron chi connectivity index (χ3n) is 2.57. The normalized spacial score (nSPS) is 12.6. The predicted molar refractivity (Wildman–Crippen MR) is 67.6 cm³/mol. The first-order valence-corrected chi connectivity index (χ1v) is 6.00. The number of halogens is 1. The van der Waals surface area contributed by atoms with E-state index in [2.05, 4.69) is 21.2 Å². The van der Waals surface area contributed by atoms with Gasteiger partial charge in [-0.25, -0.2) is 0 Å². The van der Waals surface area contributed by atoms with Crippen LogP contribution in [0.4, 0.5) is 0 Å². The van der Waals surface area contributed by atoms with Crippen molar-refractivity contribution in [2.24, 2.45) is 5.92 Å². The number of benzene rings is 1. The average molecular weight is 286 g/mol. The molecule has 1 atom stereocenters. The fourth-order valence-corrected chi connectivity index (χ4v) is 1.36. The first-order chi connectivity index (χ1) is 7.41. The minimum absolute atomic E-state index is 0.0739. The van der Waals surface area contributed by atoms with Crippen LogP contribution in [-0.2, 0) is 0 Å². The number of nitrogens with one attached hydrogen (secondary N) is 1. The zero-order valence-corrected chi connectivity index (χ0v) is 11.2. The molecule has 1 aromatic carbocycles. The zero-order chi connectivity index (χ0) is 12.3. The van der Waals surface area contributed by atoms with Crippen molar-refractivity contribution in [3.8, 4) is 5.75 Å². The van der Waals surface area contributed by atoms with Crippen LogP contribution < -0.4 is 5.32 Å². The van der Waals surface area contributed by atoms with Gasteiger partial charge in [0.2, 0.25) is 0 Å². The number of carbonyl (C=O) groups excluding carboxylic acids is 1. The van der Waals surface area contributed by atoms with Gasteiger partial charge >= 0.3 is 0 Å². The molecule has 88 valence electrons. The molecule has 0 spiro atoms. The van der Waals surface area contributed by atoms with E-state index in [1.165, 1.54) is 6.07 Å². The molecule has 0 aliphatic rings. The molecular formula is C12H16BrNO2. The average Bonchev–Trinajstić information content (AvgIpc) is 2.21. The number of rotatable bonds is 3. The Balaban J connectivity index is 2.77. The van der Waals surface area contributed by atoms with Crippen LogP contribution in [0.25, 0.3) is 0 Å². The third kappa shape index (κ3) is 3.23. The molecule has 0 heterocycles. The van der Waals surface area contributed by atoms with Crippen molar-refractivity contribution in [3.63, 3.8) is 0 Å². The van der Waals surface area contributed by atoms with E-state index in [1.807, 2.05) is 20.8 Å². The van der Waals surface area contributed by atoms with Gasteiger partial charge in [0.25, 0.3) is 5.91 Å². The van der Waals surface area contributed by atoms with Crippen molar-refractivity contribution in [3.05, 3.63) is 28.2 Å². The number of carbonyl (C=O) groups is 1. The monoisotopic (exact) mass is 285 g/mol. The van der Waals surface area contributed by atoms with Crippen molar-refractivity contribution in [2.75, 3.05) is 0 Å². The molecule has 1 unspecified atom stereocenters. The van der Waals surface area contributed by atoms with Gasteiger partial charge in [0.1, 0.15) is 5.75 Å². The summed E-state index contributed by atoms with van der Waals surface area (Å²) in [4.78, 5) is 11.8. The summed E-state index contributed by atoms with van der Waals surface area (Å²) in [5.74, 6) is 0.293. The number of phenolic OH excluding ortho intramolecular Hbond substituents is 1. The molecule has 0 bridgehead atoms. The van der Waals surface area contributed by atoms with Crippen LogP contribution in [-0.4, -0.2) is 17.1 Å². The van der Waals surface area contributed by atoms with Crippen molar-refractivity contribution >= 4 is 21.8 Å². The van der Waals surface area contributed by atoms with E-state index in [4.69, 9.17) is 0 Å². The summed E-state index contributed by atoms with van der Waals surface area (Å²) in [6.07, 6.45) is 0. The van der Waals surface area contributed by atoms with Gasteiger partial charge in [-0.05, 0) is 47.0 Å². The Hall–Kier alpha value is -1.03. The van der Waals surface area contributed by atoms with Crippen molar-refractivity contribution in [2.45, 2.75) is 26.8 Å². The van der Waals surface area contributed by atoms with Crippen LogP contribution in [0.15, 0.2) is 22.7 Å². The maximum absolute atomic E-state index is 11.8. The number of amides is 1. The van der Waals surface area contributed by atoms with Crippen molar-refractivity contribution in [1.29, 1.82) is 0 Å². The Bertz CT molecular complexity index is 391. The van der Waals surface area contributed by atoms with Gasteiger partial charge in [-0.2, -0.15) is 0 Å². The lowest BCUT2D eigenvalue weighted by Gasteiger charge is -2.17. The fourth-order valence-electron chi connectivity index (χ4n) is 1.11. The molecule has 16 heavy (non-hydrogen) atoms. The van der Waals surface area contributed by atoms with Gasteiger partial charge < -0.3 is 10.4 Å².